The lowest BCUT2D eigenvalue weighted by atomic mass is 10.1. The lowest BCUT2D eigenvalue weighted by Crippen LogP contribution is -1.77. The maximum atomic E-state index is 11.4. The topological polar surface area (TPSA) is 81.2 Å². The van der Waals surface area contributed by atoms with Crippen molar-refractivity contribution in [2.45, 2.75) is 0 Å². The number of halogens is 3. The first-order valence-corrected chi connectivity index (χ1v) is 8.39. The summed E-state index contributed by atoms with van der Waals surface area (Å²) in [5.74, 6) is -0.0586. The Balaban J connectivity index is 2.10. The zero-order chi connectivity index (χ0) is 17.0. The van der Waals surface area contributed by atoms with E-state index in [9.17, 15) is 10.0 Å². The molecule has 4 rings (SSSR count). The molecule has 5 nitrogen and oxygen atoms in total. The van der Waals surface area contributed by atoms with Crippen LogP contribution in [-0.2, 0) is 0 Å². The van der Waals surface area contributed by atoms with E-state index < -0.39 is 0 Å². The Kier molecular flexibility index (Phi) is 3.56. The van der Waals surface area contributed by atoms with Gasteiger partial charge in [-0.2, -0.15) is 0 Å². The normalized spacial score (nSPS) is 11.5. The number of hydrogen-bond donors (Lipinski definition) is 3. The van der Waals surface area contributed by atoms with Gasteiger partial charge in [0.25, 0.3) is 0 Å². The van der Waals surface area contributed by atoms with Crippen molar-refractivity contribution in [1.29, 1.82) is 0 Å². The molecular weight excluding hydrogens is 417 g/mol. The molecular formula is C16H8BrCl2N3O2. The number of hydrogen-bond acceptors (Lipinski definition) is 3. The number of nitrogens with one attached hydrogen (secondary N) is 2. The van der Waals surface area contributed by atoms with Gasteiger partial charge in [-0.25, -0.2) is 0 Å². The first-order valence-electron chi connectivity index (χ1n) is 6.84. The van der Waals surface area contributed by atoms with Crippen LogP contribution in [0.4, 0.5) is 5.69 Å². The highest BCUT2D eigenvalue weighted by Crippen LogP contribution is 2.45. The third-order valence-electron chi connectivity index (χ3n) is 3.89. The Morgan fingerprint density at radius 3 is 2.46 bits per heavy atom. The van der Waals surface area contributed by atoms with Crippen LogP contribution in [0.5, 0.6) is 5.88 Å². The highest BCUT2D eigenvalue weighted by molar-refractivity contribution is 9.10. The summed E-state index contributed by atoms with van der Waals surface area (Å²) in [5, 5.41) is 15.5. The van der Waals surface area contributed by atoms with Gasteiger partial charge in [-0.15, -0.1) is 4.91 Å². The van der Waals surface area contributed by atoms with Crippen LogP contribution in [0.25, 0.3) is 33.1 Å². The van der Waals surface area contributed by atoms with Gasteiger partial charge >= 0.3 is 0 Å². The Morgan fingerprint density at radius 2 is 1.71 bits per heavy atom. The van der Waals surface area contributed by atoms with Crippen molar-refractivity contribution < 1.29 is 5.11 Å². The van der Waals surface area contributed by atoms with Crippen molar-refractivity contribution in [2.75, 3.05) is 0 Å². The summed E-state index contributed by atoms with van der Waals surface area (Å²) in [4.78, 5) is 17.4. The predicted molar refractivity (Wildman–Crippen MR) is 100 cm³/mol. The van der Waals surface area contributed by atoms with Crippen LogP contribution in [-0.4, -0.2) is 15.1 Å². The van der Waals surface area contributed by atoms with E-state index in [0.717, 1.165) is 15.4 Å². The molecule has 4 aromatic rings. The molecule has 0 aliphatic heterocycles. The molecule has 8 heteroatoms. The van der Waals surface area contributed by atoms with Crippen molar-refractivity contribution >= 4 is 66.6 Å². The summed E-state index contributed by atoms with van der Waals surface area (Å²) in [6.45, 7) is 0. The lowest BCUT2D eigenvalue weighted by molar-refractivity contribution is 0.460. The highest BCUT2D eigenvalue weighted by Gasteiger charge is 2.22. The molecule has 0 saturated heterocycles. The minimum Gasteiger partial charge on any atom is -0.494 e. The van der Waals surface area contributed by atoms with Crippen LogP contribution < -0.4 is 0 Å². The lowest BCUT2D eigenvalue weighted by Gasteiger charge is -1.99. The number of nitroso groups, excluding NO2 is 1. The number of fused-ring (bicyclic) bond motifs is 2. The van der Waals surface area contributed by atoms with E-state index in [-0.39, 0.29) is 11.6 Å². The molecule has 24 heavy (non-hydrogen) atoms. The van der Waals surface area contributed by atoms with E-state index in [4.69, 9.17) is 23.2 Å². The maximum absolute atomic E-state index is 11.4. The zero-order valence-electron chi connectivity index (χ0n) is 11.8. The Hall–Kier alpha value is -2.02. The number of rotatable bonds is 2. The van der Waals surface area contributed by atoms with E-state index in [2.05, 4.69) is 31.1 Å². The molecule has 0 radical (unpaired) electrons. The molecule has 2 heterocycles. The smallest absolute Gasteiger partial charge is 0.199 e. The van der Waals surface area contributed by atoms with Crippen LogP contribution in [0, 0.1) is 4.91 Å². The van der Waals surface area contributed by atoms with Crippen molar-refractivity contribution in [3.05, 3.63) is 49.8 Å². The summed E-state index contributed by atoms with van der Waals surface area (Å²) >= 11 is 15.5. The van der Waals surface area contributed by atoms with E-state index in [1.165, 1.54) is 0 Å². The summed E-state index contributed by atoms with van der Waals surface area (Å²) < 4.78 is 0.867. The van der Waals surface area contributed by atoms with Gasteiger partial charge in [0.15, 0.2) is 5.88 Å². The van der Waals surface area contributed by atoms with Gasteiger partial charge < -0.3 is 15.1 Å². The van der Waals surface area contributed by atoms with Gasteiger partial charge in [0, 0.05) is 20.8 Å². The predicted octanol–water partition coefficient (Wildman–Crippen LogP) is 6.49. The number of aromatic nitrogens is 2. The number of H-pyrrole nitrogens is 2. The second-order valence-corrected chi connectivity index (χ2v) is 7.02. The average molecular weight is 425 g/mol. The summed E-state index contributed by atoms with van der Waals surface area (Å²) in [7, 11) is 0. The molecule has 2 aromatic heterocycles. The van der Waals surface area contributed by atoms with Gasteiger partial charge in [0.1, 0.15) is 5.69 Å². The van der Waals surface area contributed by atoms with Crippen molar-refractivity contribution in [3.63, 3.8) is 0 Å². The highest BCUT2D eigenvalue weighted by atomic mass is 79.9. The first-order chi connectivity index (χ1) is 11.5. The van der Waals surface area contributed by atoms with Crippen LogP contribution in [0.1, 0.15) is 0 Å². The third-order valence-corrected chi connectivity index (χ3v) is 5.11. The molecule has 0 fully saturated rings. The molecule has 0 aliphatic carbocycles. The number of aromatic amines is 2. The van der Waals surface area contributed by atoms with Crippen LogP contribution >= 0.6 is 39.1 Å². The average Bonchev–Trinajstić information content (AvgIpc) is 3.03. The Bertz CT molecular complexity index is 1130. The minimum atomic E-state index is -0.0586. The van der Waals surface area contributed by atoms with Crippen LogP contribution in [0.15, 0.2) is 40.0 Å². The van der Waals surface area contributed by atoms with E-state index in [1.807, 2.05) is 18.2 Å². The molecule has 2 aromatic carbocycles. The van der Waals surface area contributed by atoms with E-state index >= 15 is 0 Å². The summed E-state index contributed by atoms with van der Waals surface area (Å²) in [5.41, 5.74) is 2.38. The third kappa shape index (κ3) is 2.22. The molecule has 3 N–H and O–H groups in total. The number of aromatic hydroxyl groups is 1. The largest absolute Gasteiger partial charge is 0.494 e. The van der Waals surface area contributed by atoms with Crippen molar-refractivity contribution in [1.82, 2.24) is 9.97 Å². The van der Waals surface area contributed by atoms with Gasteiger partial charge in [0.05, 0.1) is 26.8 Å². The van der Waals surface area contributed by atoms with Crippen molar-refractivity contribution in [2.24, 2.45) is 5.18 Å². The van der Waals surface area contributed by atoms with Gasteiger partial charge in [-0.1, -0.05) is 45.2 Å². The molecule has 0 saturated carbocycles. The number of nitrogens with zero attached hydrogens (tertiary/aromatic N) is 1. The van der Waals surface area contributed by atoms with Crippen LogP contribution in [0.2, 0.25) is 10.0 Å². The molecule has 0 amide bonds. The Morgan fingerprint density at radius 1 is 1.00 bits per heavy atom. The molecule has 0 spiro atoms. The van der Waals surface area contributed by atoms with E-state index in [0.29, 0.717) is 32.2 Å². The molecule has 0 aliphatic rings. The quantitative estimate of drug-likeness (QED) is 0.321. The fraction of sp³-hybridized carbons (Fsp3) is 0. The van der Waals surface area contributed by atoms with Crippen molar-refractivity contribution in [3.8, 4) is 17.1 Å². The second-order valence-electron chi connectivity index (χ2n) is 5.29. The fourth-order valence-corrected chi connectivity index (χ4v) is 3.55. The maximum Gasteiger partial charge on any atom is 0.199 e. The fourth-order valence-electron chi connectivity index (χ4n) is 2.86. The zero-order valence-corrected chi connectivity index (χ0v) is 14.9. The second kappa shape index (κ2) is 5.51. The van der Waals surface area contributed by atoms with E-state index in [1.54, 1.807) is 12.1 Å². The van der Waals surface area contributed by atoms with Gasteiger partial charge in [-0.3, -0.25) is 0 Å². The first kappa shape index (κ1) is 15.5. The SMILES string of the molecule is O=Nc1c(-c2c(O)[nH]c3cc(Br)ccc23)[nH]c2cc(Cl)c(Cl)cc12. The van der Waals surface area contributed by atoms with Gasteiger partial charge in [0.2, 0.25) is 0 Å². The molecule has 0 atom stereocenters. The number of benzene rings is 2. The monoisotopic (exact) mass is 423 g/mol. The Labute approximate surface area is 153 Å². The summed E-state index contributed by atoms with van der Waals surface area (Å²) in [6.07, 6.45) is 0. The minimum absolute atomic E-state index is 0.0586. The molecule has 120 valence electrons. The molecule has 0 unspecified atom stereocenters. The summed E-state index contributed by atoms with van der Waals surface area (Å²) in [6, 6.07) is 8.73. The standard InChI is InChI=1S/C16H8BrCl2N3O2/c17-6-1-2-7-11(3-6)21-16(23)13(7)15-14(22-24)8-4-9(18)10(19)5-12(8)20-15/h1-5,20-21,23H. The van der Waals surface area contributed by atoms with Crippen LogP contribution in [0.3, 0.4) is 0 Å². The van der Waals surface area contributed by atoms with Gasteiger partial charge in [-0.05, 0) is 29.4 Å². The molecule has 0 bridgehead atoms.